The normalized spacial score (nSPS) is 12.5. The first-order valence-electron chi connectivity index (χ1n) is 8.76. The molecule has 1 aliphatic rings. The van der Waals surface area contributed by atoms with E-state index in [1.165, 1.54) is 4.88 Å². The van der Waals surface area contributed by atoms with Gasteiger partial charge >= 0.3 is 5.97 Å². The third kappa shape index (κ3) is 3.80. The monoisotopic (exact) mass is 385 g/mol. The van der Waals surface area contributed by atoms with Gasteiger partial charge in [-0.1, -0.05) is 13.0 Å². The van der Waals surface area contributed by atoms with Gasteiger partial charge in [0.05, 0.1) is 11.8 Å². The lowest BCUT2D eigenvalue weighted by Gasteiger charge is -2.09. The van der Waals surface area contributed by atoms with Crippen molar-refractivity contribution in [3.05, 3.63) is 40.5 Å². The van der Waals surface area contributed by atoms with Crippen molar-refractivity contribution in [2.24, 2.45) is 0 Å². The van der Waals surface area contributed by atoms with Crippen molar-refractivity contribution in [2.75, 3.05) is 12.1 Å². The second-order valence-corrected chi connectivity index (χ2v) is 7.32. The van der Waals surface area contributed by atoms with Crippen molar-refractivity contribution in [1.82, 2.24) is 9.97 Å². The molecule has 1 aliphatic heterocycles. The van der Waals surface area contributed by atoms with Crippen LogP contribution in [0, 0.1) is 0 Å². The predicted molar refractivity (Wildman–Crippen MR) is 103 cm³/mol. The Morgan fingerprint density at radius 1 is 1.26 bits per heavy atom. The number of carboxylic acids is 1. The van der Waals surface area contributed by atoms with Gasteiger partial charge in [-0.05, 0) is 30.2 Å². The quantitative estimate of drug-likeness (QED) is 0.642. The second kappa shape index (κ2) is 7.40. The van der Waals surface area contributed by atoms with Crippen LogP contribution < -0.4 is 14.8 Å². The molecule has 0 saturated carbocycles. The average molecular weight is 385 g/mol. The van der Waals surface area contributed by atoms with Crippen LogP contribution >= 0.6 is 11.3 Å². The molecule has 7 nitrogen and oxygen atoms in total. The summed E-state index contributed by atoms with van der Waals surface area (Å²) in [5.74, 6) is 1.92. The van der Waals surface area contributed by atoms with Crippen LogP contribution in [0.3, 0.4) is 0 Å². The molecule has 0 unspecified atom stereocenters. The van der Waals surface area contributed by atoms with Crippen LogP contribution in [0.25, 0.3) is 10.2 Å². The van der Waals surface area contributed by atoms with Gasteiger partial charge in [-0.25, -0.2) is 9.97 Å². The van der Waals surface area contributed by atoms with Crippen molar-refractivity contribution in [3.63, 3.8) is 0 Å². The number of aryl methyl sites for hydroxylation is 2. The summed E-state index contributed by atoms with van der Waals surface area (Å²) in [6.07, 6.45) is 1.25. The third-order valence-corrected chi connectivity index (χ3v) is 5.47. The Hall–Kier alpha value is -2.87. The number of carbonyl (C=O) groups is 1. The smallest absolute Gasteiger partial charge is 0.303 e. The minimum atomic E-state index is -0.853. The molecule has 140 valence electrons. The summed E-state index contributed by atoms with van der Waals surface area (Å²) in [6.45, 7) is 2.92. The van der Waals surface area contributed by atoms with Gasteiger partial charge in [0.15, 0.2) is 11.5 Å². The number of rotatable bonds is 7. The highest BCUT2D eigenvalue weighted by molar-refractivity contribution is 7.18. The van der Waals surface area contributed by atoms with Crippen molar-refractivity contribution in [1.29, 1.82) is 0 Å². The zero-order valence-electron chi connectivity index (χ0n) is 14.8. The molecular weight excluding hydrogens is 366 g/mol. The molecule has 2 N–H and O–H groups in total. The fourth-order valence-electron chi connectivity index (χ4n) is 2.89. The molecule has 27 heavy (non-hydrogen) atoms. The molecule has 8 heteroatoms. The maximum atomic E-state index is 10.9. The number of nitrogens with zero attached hydrogens (tertiary/aromatic N) is 2. The van der Waals surface area contributed by atoms with E-state index in [0.717, 1.165) is 39.5 Å². The maximum absolute atomic E-state index is 10.9. The van der Waals surface area contributed by atoms with Crippen molar-refractivity contribution in [2.45, 2.75) is 32.7 Å². The van der Waals surface area contributed by atoms with E-state index in [1.54, 1.807) is 11.3 Å². The van der Waals surface area contributed by atoms with E-state index in [9.17, 15) is 4.79 Å². The molecule has 3 aromatic rings. The number of aromatic nitrogens is 2. The first-order chi connectivity index (χ1) is 13.1. The average Bonchev–Trinajstić information content (AvgIpc) is 3.30. The Labute approximate surface area is 160 Å². The maximum Gasteiger partial charge on any atom is 0.303 e. The molecule has 0 spiro atoms. The number of benzene rings is 1. The highest BCUT2D eigenvalue weighted by Crippen LogP contribution is 2.33. The van der Waals surface area contributed by atoms with Crippen LogP contribution in [-0.4, -0.2) is 27.8 Å². The highest BCUT2D eigenvalue weighted by Gasteiger charge is 2.15. The first kappa shape index (κ1) is 17.5. The molecule has 0 fully saturated rings. The summed E-state index contributed by atoms with van der Waals surface area (Å²) in [7, 11) is 0. The predicted octanol–water partition coefficient (Wildman–Crippen LogP) is 3.61. The van der Waals surface area contributed by atoms with Gasteiger partial charge < -0.3 is 19.9 Å². The number of nitrogens with one attached hydrogen (secondary N) is 1. The molecule has 0 amide bonds. The van der Waals surface area contributed by atoms with Crippen molar-refractivity contribution in [3.8, 4) is 11.5 Å². The van der Waals surface area contributed by atoms with E-state index in [0.29, 0.717) is 18.8 Å². The van der Waals surface area contributed by atoms with E-state index < -0.39 is 5.97 Å². The van der Waals surface area contributed by atoms with E-state index in [4.69, 9.17) is 14.6 Å². The summed E-state index contributed by atoms with van der Waals surface area (Å²) in [6, 6.07) is 7.93. The summed E-state index contributed by atoms with van der Waals surface area (Å²) in [5, 5.41) is 13.3. The largest absolute Gasteiger partial charge is 0.481 e. The Bertz CT molecular complexity index is 1000. The van der Waals surface area contributed by atoms with Crippen LogP contribution in [0.1, 0.15) is 29.6 Å². The number of carboxylic acid groups (broad SMARTS) is 1. The zero-order valence-corrected chi connectivity index (χ0v) is 15.6. The van der Waals surface area contributed by atoms with E-state index in [2.05, 4.69) is 28.3 Å². The van der Waals surface area contributed by atoms with Crippen LogP contribution in [0.4, 0.5) is 5.82 Å². The summed E-state index contributed by atoms with van der Waals surface area (Å²) >= 11 is 1.62. The number of hydrogen-bond donors (Lipinski definition) is 2. The third-order valence-electron chi connectivity index (χ3n) is 4.30. The Kier molecular flexibility index (Phi) is 4.81. The summed E-state index contributed by atoms with van der Waals surface area (Å²) in [4.78, 5) is 22.1. The summed E-state index contributed by atoms with van der Waals surface area (Å²) < 4.78 is 10.8. The molecule has 0 bridgehead atoms. The number of fused-ring (bicyclic) bond motifs is 2. The highest BCUT2D eigenvalue weighted by atomic mass is 32.1. The van der Waals surface area contributed by atoms with E-state index in [1.807, 2.05) is 18.2 Å². The van der Waals surface area contributed by atoms with Gasteiger partial charge in [0, 0.05) is 17.8 Å². The van der Waals surface area contributed by atoms with Crippen LogP contribution in [0.5, 0.6) is 11.5 Å². The van der Waals surface area contributed by atoms with E-state index >= 15 is 0 Å². The van der Waals surface area contributed by atoms with Gasteiger partial charge in [0.2, 0.25) is 6.79 Å². The Morgan fingerprint density at radius 2 is 2.11 bits per heavy atom. The molecule has 0 atom stereocenters. The first-order valence-corrected chi connectivity index (χ1v) is 9.57. The molecule has 2 aromatic heterocycles. The minimum absolute atomic E-state index is 0.0130. The fourth-order valence-corrected chi connectivity index (χ4v) is 3.88. The van der Waals surface area contributed by atoms with Gasteiger partial charge in [-0.15, -0.1) is 11.3 Å². The van der Waals surface area contributed by atoms with Crippen molar-refractivity contribution >= 4 is 33.3 Å². The number of thiophene rings is 1. The molecule has 1 aromatic carbocycles. The van der Waals surface area contributed by atoms with Crippen LogP contribution in [0.2, 0.25) is 0 Å². The fraction of sp³-hybridized carbons (Fsp3) is 0.316. The number of hydrogen-bond acceptors (Lipinski definition) is 7. The topological polar surface area (TPSA) is 93.6 Å². The molecule has 3 heterocycles. The molecule has 0 aliphatic carbocycles. The zero-order chi connectivity index (χ0) is 18.8. The lowest BCUT2D eigenvalue weighted by molar-refractivity contribution is -0.137. The standard InChI is InChI=1S/C19H19N3O4S/c1-2-12-8-13-18(21-16(5-6-17(23)24)22-19(13)27-12)20-9-11-3-4-14-15(7-11)26-10-25-14/h3-4,7-8H,2,5-6,9-10H2,1H3,(H,23,24)(H,20,21,22). The van der Waals surface area contributed by atoms with Gasteiger partial charge in [-0.2, -0.15) is 0 Å². The molecular formula is C19H19N3O4S. The SMILES string of the molecule is CCc1cc2c(NCc3ccc4c(c3)OCO4)nc(CCC(=O)O)nc2s1. The lowest BCUT2D eigenvalue weighted by Crippen LogP contribution is -2.06. The Balaban J connectivity index is 1.60. The van der Waals surface area contributed by atoms with Crippen LogP contribution in [0.15, 0.2) is 24.3 Å². The van der Waals surface area contributed by atoms with Crippen molar-refractivity contribution < 1.29 is 19.4 Å². The summed E-state index contributed by atoms with van der Waals surface area (Å²) in [5.41, 5.74) is 1.05. The molecule has 4 rings (SSSR count). The lowest BCUT2D eigenvalue weighted by atomic mass is 10.2. The molecule has 0 radical (unpaired) electrons. The van der Waals surface area contributed by atoms with E-state index in [-0.39, 0.29) is 13.2 Å². The van der Waals surface area contributed by atoms with Crippen LogP contribution in [-0.2, 0) is 24.2 Å². The Morgan fingerprint density at radius 3 is 2.93 bits per heavy atom. The number of anilines is 1. The second-order valence-electron chi connectivity index (χ2n) is 6.21. The van der Waals surface area contributed by atoms with Gasteiger partial charge in [0.25, 0.3) is 0 Å². The minimum Gasteiger partial charge on any atom is -0.481 e. The number of aliphatic carboxylic acids is 1. The number of ether oxygens (including phenoxy) is 2. The van der Waals surface area contributed by atoms with Gasteiger partial charge in [0.1, 0.15) is 16.5 Å². The van der Waals surface area contributed by atoms with Gasteiger partial charge in [-0.3, -0.25) is 4.79 Å². The molecule has 0 saturated heterocycles.